The van der Waals surface area contributed by atoms with Gasteiger partial charge in [0.25, 0.3) is 17.7 Å². The predicted molar refractivity (Wildman–Crippen MR) is 160 cm³/mol. The molecule has 0 spiro atoms. The highest BCUT2D eigenvalue weighted by Crippen LogP contribution is 2.28. The van der Waals surface area contributed by atoms with Crippen LogP contribution in [0.15, 0.2) is 36.4 Å². The van der Waals surface area contributed by atoms with Crippen molar-refractivity contribution in [1.82, 2.24) is 25.4 Å². The molecule has 2 aromatic carbocycles. The van der Waals surface area contributed by atoms with Crippen LogP contribution >= 0.6 is 11.3 Å². The first-order valence-electron chi connectivity index (χ1n) is 14.0. The third kappa shape index (κ3) is 7.75. The van der Waals surface area contributed by atoms with Gasteiger partial charge in [0.1, 0.15) is 6.04 Å². The first kappa shape index (κ1) is 30.8. The van der Waals surface area contributed by atoms with E-state index in [1.165, 1.54) is 7.11 Å². The summed E-state index contributed by atoms with van der Waals surface area (Å²) in [6.45, 7) is 5.02. The van der Waals surface area contributed by atoms with E-state index in [1.807, 2.05) is 25.1 Å². The zero-order valence-corrected chi connectivity index (χ0v) is 25.2. The summed E-state index contributed by atoms with van der Waals surface area (Å²) in [4.78, 5) is 59.6. The van der Waals surface area contributed by atoms with Crippen molar-refractivity contribution >= 4 is 45.2 Å². The number of fused-ring (bicyclic) bond motifs is 19. The van der Waals surface area contributed by atoms with Gasteiger partial charge in [0.2, 0.25) is 5.91 Å². The summed E-state index contributed by atoms with van der Waals surface area (Å²) in [5.41, 5.74) is 1.73. The van der Waals surface area contributed by atoms with Crippen molar-refractivity contribution in [3.8, 4) is 11.5 Å². The average Bonchev–Trinajstić information content (AvgIpc) is 3.36. The van der Waals surface area contributed by atoms with Gasteiger partial charge in [-0.3, -0.25) is 19.2 Å². The molecule has 1 atom stereocenters. The molecule has 224 valence electrons. The summed E-state index contributed by atoms with van der Waals surface area (Å²) in [5, 5.41) is 6.50. The number of ether oxygens (including phenoxy) is 2. The third-order valence-electron chi connectivity index (χ3n) is 7.00. The maximum Gasteiger partial charge on any atom is 0.258 e. The predicted octanol–water partition coefficient (Wildman–Crippen LogP) is 3.01. The second kappa shape index (κ2) is 14.1. The standard InChI is InChI=1S/C30H37N5O6S/c1-19-29(38)34(3)13-5-6-14-35(30(39)22-9-11-26-23(16-22)33-20(2)42-26)15-7-12-31-28(37)21-8-10-24(25(17-21)40-4)41-18-27(36)32-19/h8-11,16-17,19H,5-7,12-15,18H2,1-4H3,(H,31,37)(H,32,36)/t19-/m0/s1. The molecule has 3 heterocycles. The Morgan fingerprint density at radius 3 is 2.62 bits per heavy atom. The first-order valence-corrected chi connectivity index (χ1v) is 14.8. The van der Waals surface area contributed by atoms with Crippen LogP contribution in [0, 0.1) is 6.92 Å². The van der Waals surface area contributed by atoms with Gasteiger partial charge < -0.3 is 29.9 Å². The van der Waals surface area contributed by atoms with Gasteiger partial charge in [-0.15, -0.1) is 11.3 Å². The fourth-order valence-corrected chi connectivity index (χ4v) is 5.56. The number of nitrogens with one attached hydrogen (secondary N) is 2. The number of amides is 4. The Hall–Kier alpha value is -4.19. The molecule has 0 saturated carbocycles. The van der Waals surface area contributed by atoms with Crippen molar-refractivity contribution in [1.29, 1.82) is 0 Å². The molecular weight excluding hydrogens is 558 g/mol. The third-order valence-corrected chi connectivity index (χ3v) is 7.95. The average molecular weight is 596 g/mol. The SMILES string of the molecule is COc1cc2ccc1OCC(=O)N[C@@H](C)C(=O)N(C)CCCCN(C(=O)c1ccc3sc(C)nc3c1)CCCNC2=O. The molecule has 0 unspecified atom stereocenters. The van der Waals surface area contributed by atoms with Gasteiger partial charge in [-0.05, 0) is 69.5 Å². The van der Waals surface area contributed by atoms with Gasteiger partial charge >= 0.3 is 0 Å². The molecule has 1 aromatic heterocycles. The zero-order chi connectivity index (χ0) is 30.2. The number of carbonyl (C=O) groups is 4. The maximum atomic E-state index is 13.6. The summed E-state index contributed by atoms with van der Waals surface area (Å²) >= 11 is 1.59. The minimum Gasteiger partial charge on any atom is -0.493 e. The number of thiazole rings is 1. The van der Waals surface area contributed by atoms with Gasteiger partial charge in [0, 0.05) is 44.4 Å². The molecule has 2 aliphatic rings. The largest absolute Gasteiger partial charge is 0.493 e. The Balaban J connectivity index is 1.51. The number of hydrogen-bond acceptors (Lipinski definition) is 8. The quantitative estimate of drug-likeness (QED) is 0.436. The molecule has 42 heavy (non-hydrogen) atoms. The summed E-state index contributed by atoms with van der Waals surface area (Å²) in [6.07, 6.45) is 1.90. The van der Waals surface area contributed by atoms with E-state index in [2.05, 4.69) is 15.6 Å². The van der Waals surface area contributed by atoms with Crippen LogP contribution in [0.5, 0.6) is 11.5 Å². The Morgan fingerprint density at radius 2 is 1.83 bits per heavy atom. The molecule has 0 saturated heterocycles. The molecule has 12 heteroatoms. The number of rotatable bonds is 2. The maximum absolute atomic E-state index is 13.6. The molecule has 0 radical (unpaired) electrons. The Bertz CT molecular complexity index is 1460. The number of nitrogens with zero attached hydrogens (tertiary/aromatic N) is 3. The van der Waals surface area contributed by atoms with Crippen LogP contribution < -0.4 is 20.1 Å². The second-order valence-corrected chi connectivity index (χ2v) is 11.5. The van der Waals surface area contributed by atoms with Crippen LogP contribution in [-0.2, 0) is 9.59 Å². The van der Waals surface area contributed by atoms with Gasteiger partial charge in [0.05, 0.1) is 22.3 Å². The summed E-state index contributed by atoms with van der Waals surface area (Å²) in [6, 6.07) is 9.52. The molecule has 0 aliphatic carbocycles. The number of carbonyl (C=O) groups excluding carboxylic acids is 4. The number of hydrogen-bond donors (Lipinski definition) is 2. The lowest BCUT2D eigenvalue weighted by Gasteiger charge is -2.25. The molecule has 2 bridgehead atoms. The number of aromatic nitrogens is 1. The van der Waals surface area contributed by atoms with Crippen LogP contribution in [0.1, 0.15) is 51.9 Å². The van der Waals surface area contributed by atoms with Crippen LogP contribution in [-0.4, -0.2) is 91.4 Å². The second-order valence-electron chi connectivity index (χ2n) is 10.2. The molecule has 3 aromatic rings. The minimum atomic E-state index is -0.740. The van der Waals surface area contributed by atoms with Crippen molar-refractivity contribution in [3.63, 3.8) is 0 Å². The van der Waals surface area contributed by atoms with E-state index in [0.29, 0.717) is 68.1 Å². The van der Waals surface area contributed by atoms with E-state index in [-0.39, 0.29) is 24.3 Å². The summed E-state index contributed by atoms with van der Waals surface area (Å²) in [7, 11) is 3.14. The van der Waals surface area contributed by atoms with Crippen molar-refractivity contribution in [2.75, 3.05) is 46.9 Å². The zero-order valence-electron chi connectivity index (χ0n) is 24.4. The van der Waals surface area contributed by atoms with E-state index in [1.54, 1.807) is 53.3 Å². The highest BCUT2D eigenvalue weighted by atomic mass is 32.1. The van der Waals surface area contributed by atoms with Crippen molar-refractivity contribution < 1.29 is 28.7 Å². The van der Waals surface area contributed by atoms with Crippen LogP contribution in [0.3, 0.4) is 0 Å². The fourth-order valence-electron chi connectivity index (χ4n) is 4.76. The van der Waals surface area contributed by atoms with Crippen molar-refractivity contribution in [2.24, 2.45) is 0 Å². The molecule has 2 N–H and O–H groups in total. The summed E-state index contributed by atoms with van der Waals surface area (Å²) < 4.78 is 12.0. The number of likely N-dealkylation sites (N-methyl/N-ethyl adjacent to an activating group) is 1. The monoisotopic (exact) mass is 595 g/mol. The molecule has 0 fully saturated rings. The van der Waals surface area contributed by atoms with Gasteiger partial charge in [0.15, 0.2) is 18.1 Å². The number of aryl methyl sites for hydroxylation is 1. The normalized spacial score (nSPS) is 18.2. The highest BCUT2D eigenvalue weighted by Gasteiger charge is 2.21. The van der Waals surface area contributed by atoms with Crippen molar-refractivity contribution in [2.45, 2.75) is 39.2 Å². The Morgan fingerprint density at radius 1 is 1.07 bits per heavy atom. The topological polar surface area (TPSA) is 130 Å². The molecule has 5 rings (SSSR count). The molecular formula is C30H37N5O6S. The van der Waals surface area contributed by atoms with Crippen LogP contribution in [0.25, 0.3) is 10.2 Å². The van der Waals surface area contributed by atoms with Gasteiger partial charge in [-0.25, -0.2) is 4.98 Å². The Labute approximate surface area is 249 Å². The van der Waals surface area contributed by atoms with E-state index >= 15 is 0 Å². The summed E-state index contributed by atoms with van der Waals surface area (Å²) in [5.74, 6) is -0.477. The smallest absolute Gasteiger partial charge is 0.258 e. The van der Waals surface area contributed by atoms with Gasteiger partial charge in [-0.2, -0.15) is 0 Å². The highest BCUT2D eigenvalue weighted by molar-refractivity contribution is 7.18. The number of benzene rings is 2. The van der Waals surface area contributed by atoms with Crippen LogP contribution in [0.2, 0.25) is 0 Å². The minimum absolute atomic E-state index is 0.103. The van der Waals surface area contributed by atoms with E-state index in [4.69, 9.17) is 9.47 Å². The first-order chi connectivity index (χ1) is 20.2. The molecule has 4 amide bonds. The molecule has 2 aliphatic heterocycles. The lowest BCUT2D eigenvalue weighted by Crippen LogP contribution is -2.47. The molecule has 11 nitrogen and oxygen atoms in total. The van der Waals surface area contributed by atoms with E-state index < -0.39 is 11.9 Å². The van der Waals surface area contributed by atoms with E-state index in [0.717, 1.165) is 15.2 Å². The lowest BCUT2D eigenvalue weighted by molar-refractivity contribution is -0.135. The van der Waals surface area contributed by atoms with Crippen LogP contribution in [0.4, 0.5) is 0 Å². The Kier molecular flexibility index (Phi) is 10.3. The van der Waals surface area contributed by atoms with Crippen molar-refractivity contribution in [3.05, 3.63) is 52.5 Å². The van der Waals surface area contributed by atoms with Gasteiger partial charge in [-0.1, -0.05) is 0 Å². The fraction of sp³-hybridized carbons (Fsp3) is 0.433. The lowest BCUT2D eigenvalue weighted by atomic mass is 10.1. The van der Waals surface area contributed by atoms with E-state index in [9.17, 15) is 19.2 Å². The number of methoxy groups -OCH3 is 1.